The molecule has 5 nitrogen and oxygen atoms in total. The number of para-hydroxylation sites is 1. The number of nitrogens with one attached hydrogen (secondary N) is 1. The molecule has 3 rings (SSSR count). The lowest BCUT2D eigenvalue weighted by Crippen LogP contribution is -2.52. The Morgan fingerprint density at radius 3 is 2.26 bits per heavy atom. The molecule has 0 spiro atoms. The maximum Gasteiger partial charge on any atom is 0.261 e. The van der Waals surface area contributed by atoms with Gasteiger partial charge < -0.3 is 15.0 Å². The largest absolute Gasteiger partial charge is 0.483 e. The van der Waals surface area contributed by atoms with Gasteiger partial charge in [0.25, 0.3) is 5.91 Å². The van der Waals surface area contributed by atoms with E-state index in [1.165, 1.54) is 0 Å². The highest BCUT2D eigenvalue weighted by atomic mass is 35.5. The topological polar surface area (TPSA) is 58.6 Å². The average molecular weight is 570 g/mol. The summed E-state index contributed by atoms with van der Waals surface area (Å²) in [7, 11) is 0. The monoisotopic (exact) mass is 568 g/mol. The van der Waals surface area contributed by atoms with Gasteiger partial charge in [0.2, 0.25) is 5.91 Å². The summed E-state index contributed by atoms with van der Waals surface area (Å²) in [6.07, 6.45) is 0.348. The molecule has 0 radical (unpaired) electrons. The third-order valence-corrected chi connectivity index (χ3v) is 6.94. The molecule has 0 fully saturated rings. The SMILES string of the molecule is CC(C)CNC(=O)C(Cc1ccccc1)N(Cc1ccc(Cl)cc1Cl)C(=O)COc1ccccc1C(C)(C)C. The summed E-state index contributed by atoms with van der Waals surface area (Å²) < 4.78 is 6.09. The fourth-order valence-corrected chi connectivity index (χ4v) is 4.71. The number of benzene rings is 3. The second-order valence-electron chi connectivity index (χ2n) is 11.1. The molecule has 3 aromatic rings. The molecule has 1 unspecified atom stereocenters. The van der Waals surface area contributed by atoms with E-state index in [1.807, 2.05) is 68.4 Å². The normalized spacial score (nSPS) is 12.2. The molecule has 0 bridgehead atoms. The van der Waals surface area contributed by atoms with Crippen molar-refractivity contribution >= 4 is 35.0 Å². The number of rotatable bonds is 11. The van der Waals surface area contributed by atoms with Crippen molar-refractivity contribution in [2.45, 2.75) is 59.0 Å². The number of amides is 2. The molecule has 3 aromatic carbocycles. The molecular formula is C32H38Cl2N2O3. The molecule has 0 aromatic heterocycles. The van der Waals surface area contributed by atoms with Crippen LogP contribution >= 0.6 is 23.2 Å². The van der Waals surface area contributed by atoms with Gasteiger partial charge in [0.05, 0.1) is 0 Å². The van der Waals surface area contributed by atoms with Crippen LogP contribution < -0.4 is 10.1 Å². The van der Waals surface area contributed by atoms with E-state index in [4.69, 9.17) is 27.9 Å². The van der Waals surface area contributed by atoms with Crippen LogP contribution in [0.3, 0.4) is 0 Å². The predicted octanol–water partition coefficient (Wildman–Crippen LogP) is 7.08. The van der Waals surface area contributed by atoms with Crippen molar-refractivity contribution in [2.24, 2.45) is 5.92 Å². The van der Waals surface area contributed by atoms with Crippen LogP contribution in [0.1, 0.15) is 51.3 Å². The van der Waals surface area contributed by atoms with E-state index in [-0.39, 0.29) is 36.3 Å². The number of carbonyl (C=O) groups excluding carboxylic acids is 2. The second kappa shape index (κ2) is 13.9. The second-order valence-corrected chi connectivity index (χ2v) is 12.0. The van der Waals surface area contributed by atoms with E-state index < -0.39 is 6.04 Å². The first-order valence-electron chi connectivity index (χ1n) is 13.2. The van der Waals surface area contributed by atoms with Crippen LogP contribution in [-0.2, 0) is 28.0 Å². The van der Waals surface area contributed by atoms with Crippen LogP contribution in [0, 0.1) is 5.92 Å². The molecular weight excluding hydrogens is 531 g/mol. The summed E-state index contributed by atoms with van der Waals surface area (Å²) in [5.41, 5.74) is 2.48. The van der Waals surface area contributed by atoms with Crippen LogP contribution in [0.4, 0.5) is 0 Å². The van der Waals surface area contributed by atoms with Crippen molar-refractivity contribution in [2.75, 3.05) is 13.2 Å². The summed E-state index contributed by atoms with van der Waals surface area (Å²) >= 11 is 12.6. The molecule has 0 saturated carbocycles. The van der Waals surface area contributed by atoms with Gasteiger partial charge in [-0.1, -0.05) is 112 Å². The Morgan fingerprint density at radius 2 is 1.62 bits per heavy atom. The third-order valence-electron chi connectivity index (χ3n) is 6.36. The fraction of sp³-hybridized carbons (Fsp3) is 0.375. The maximum absolute atomic E-state index is 13.9. The van der Waals surface area contributed by atoms with Gasteiger partial charge in [-0.25, -0.2) is 0 Å². The molecule has 0 saturated heterocycles. The highest BCUT2D eigenvalue weighted by molar-refractivity contribution is 6.35. The lowest BCUT2D eigenvalue weighted by atomic mass is 9.86. The lowest BCUT2D eigenvalue weighted by Gasteiger charge is -2.32. The highest BCUT2D eigenvalue weighted by Crippen LogP contribution is 2.31. The van der Waals surface area contributed by atoms with E-state index >= 15 is 0 Å². The van der Waals surface area contributed by atoms with Crippen molar-refractivity contribution in [1.29, 1.82) is 0 Å². The lowest BCUT2D eigenvalue weighted by molar-refractivity contribution is -0.142. The molecule has 0 aliphatic heterocycles. The zero-order valence-electron chi connectivity index (χ0n) is 23.3. The van der Waals surface area contributed by atoms with Crippen molar-refractivity contribution in [1.82, 2.24) is 10.2 Å². The molecule has 0 aliphatic rings. The molecule has 1 atom stereocenters. The van der Waals surface area contributed by atoms with Gasteiger partial charge in [0, 0.05) is 29.6 Å². The molecule has 2 amide bonds. The first-order chi connectivity index (χ1) is 18.5. The Bertz CT molecular complexity index is 1260. The van der Waals surface area contributed by atoms with Crippen molar-refractivity contribution in [3.8, 4) is 5.75 Å². The number of nitrogens with zero attached hydrogens (tertiary/aromatic N) is 1. The van der Waals surface area contributed by atoms with Gasteiger partial charge in [-0.2, -0.15) is 0 Å². The van der Waals surface area contributed by atoms with Crippen LogP contribution in [-0.4, -0.2) is 35.9 Å². The van der Waals surface area contributed by atoms with Crippen LogP contribution in [0.15, 0.2) is 72.8 Å². The Labute approximate surface area is 242 Å². The zero-order valence-corrected chi connectivity index (χ0v) is 24.9. The van der Waals surface area contributed by atoms with Gasteiger partial charge in [-0.05, 0) is 46.2 Å². The quantitative estimate of drug-likeness (QED) is 0.269. The van der Waals surface area contributed by atoms with Gasteiger partial charge in [0.15, 0.2) is 6.61 Å². The Balaban J connectivity index is 1.96. The highest BCUT2D eigenvalue weighted by Gasteiger charge is 2.31. The third kappa shape index (κ3) is 9.01. The van der Waals surface area contributed by atoms with Crippen molar-refractivity contribution in [3.05, 3.63) is 99.5 Å². The van der Waals surface area contributed by atoms with Gasteiger partial charge in [-0.15, -0.1) is 0 Å². The van der Waals surface area contributed by atoms with Gasteiger partial charge in [-0.3, -0.25) is 9.59 Å². The molecule has 39 heavy (non-hydrogen) atoms. The van der Waals surface area contributed by atoms with Crippen molar-refractivity contribution < 1.29 is 14.3 Å². The van der Waals surface area contributed by atoms with Crippen LogP contribution in [0.2, 0.25) is 10.0 Å². The molecule has 0 heterocycles. The average Bonchev–Trinajstić information content (AvgIpc) is 2.89. The summed E-state index contributed by atoms with van der Waals surface area (Å²) in [4.78, 5) is 29.0. The minimum atomic E-state index is -0.771. The first-order valence-corrected chi connectivity index (χ1v) is 14.0. The van der Waals surface area contributed by atoms with Crippen LogP contribution in [0.5, 0.6) is 5.75 Å². The fourth-order valence-electron chi connectivity index (χ4n) is 4.24. The van der Waals surface area contributed by atoms with Crippen LogP contribution in [0.25, 0.3) is 0 Å². The molecule has 0 aliphatic carbocycles. The molecule has 208 valence electrons. The zero-order chi connectivity index (χ0) is 28.6. The van der Waals surface area contributed by atoms with Gasteiger partial charge in [0.1, 0.15) is 11.8 Å². The van der Waals surface area contributed by atoms with E-state index in [0.717, 1.165) is 11.1 Å². The standard InChI is InChI=1S/C32H38Cl2N2O3/c1-22(2)19-35-31(38)28(17-23-11-7-6-8-12-23)36(20-24-15-16-25(33)18-27(24)34)30(37)21-39-29-14-10-9-13-26(29)32(3,4)5/h6-16,18,22,28H,17,19-21H2,1-5H3,(H,35,38). The number of hydrogen-bond donors (Lipinski definition) is 1. The maximum atomic E-state index is 13.9. The van der Waals surface area contributed by atoms with E-state index in [1.54, 1.807) is 23.1 Å². The number of hydrogen-bond acceptors (Lipinski definition) is 3. The predicted molar refractivity (Wildman–Crippen MR) is 159 cm³/mol. The Morgan fingerprint density at radius 1 is 0.949 bits per heavy atom. The minimum absolute atomic E-state index is 0.131. The smallest absolute Gasteiger partial charge is 0.261 e. The number of halogens is 2. The summed E-state index contributed by atoms with van der Waals surface area (Å²) in [5, 5.41) is 3.95. The van der Waals surface area contributed by atoms with E-state index in [9.17, 15) is 9.59 Å². The summed E-state index contributed by atoms with van der Waals surface area (Å²) in [5.74, 6) is 0.372. The molecule has 1 N–H and O–H groups in total. The number of carbonyl (C=O) groups is 2. The Hall–Kier alpha value is -3.02. The Kier molecular flexibility index (Phi) is 10.8. The van der Waals surface area contributed by atoms with Crippen molar-refractivity contribution in [3.63, 3.8) is 0 Å². The van der Waals surface area contributed by atoms with Gasteiger partial charge >= 0.3 is 0 Å². The first kappa shape index (κ1) is 30.5. The molecule has 7 heteroatoms. The minimum Gasteiger partial charge on any atom is -0.483 e. The van der Waals surface area contributed by atoms with E-state index in [2.05, 4.69) is 26.1 Å². The summed E-state index contributed by atoms with van der Waals surface area (Å²) in [6.45, 7) is 10.8. The number of ether oxygens (including phenoxy) is 1. The summed E-state index contributed by atoms with van der Waals surface area (Å²) in [6, 6.07) is 21.8. The van der Waals surface area contributed by atoms with E-state index in [0.29, 0.717) is 34.3 Å².